The molecule has 1 aliphatic heterocycles. The van der Waals surface area contributed by atoms with E-state index in [0.29, 0.717) is 17.7 Å². The Balaban J connectivity index is 0.00000147. The third-order valence-corrected chi connectivity index (χ3v) is 7.09. The molecule has 0 radical (unpaired) electrons. The highest BCUT2D eigenvalue weighted by Crippen LogP contribution is 2.69. The van der Waals surface area contributed by atoms with Gasteiger partial charge in [-0.25, -0.2) is 0 Å². The molecule has 2 aromatic carbocycles. The van der Waals surface area contributed by atoms with Gasteiger partial charge in [-0.05, 0) is 24.0 Å². The lowest BCUT2D eigenvalue weighted by Gasteiger charge is -2.24. The standard InChI is InChI=1S/C17H19OP.BH3/c18-13-19-16(14-7-3-1-4-8-14)11-12-17(19)15-9-5-2-6-10-15;/h1-10,16-18H,11-13H2;1H3/t16-,17-;/m1./s1. The Morgan fingerprint density at radius 2 is 1.20 bits per heavy atom. The van der Waals surface area contributed by atoms with Crippen molar-refractivity contribution in [3.8, 4) is 0 Å². The molecule has 0 spiro atoms. The van der Waals surface area contributed by atoms with Crippen LogP contribution < -0.4 is 0 Å². The number of aliphatic hydroxyl groups excluding tert-OH is 1. The van der Waals surface area contributed by atoms with E-state index in [9.17, 15) is 5.11 Å². The zero-order valence-corrected chi connectivity index (χ0v) is 11.8. The quantitative estimate of drug-likeness (QED) is 0.675. The molecule has 0 unspecified atom stereocenters. The maximum absolute atomic E-state index is 9.86. The van der Waals surface area contributed by atoms with Crippen LogP contribution in [0.3, 0.4) is 0 Å². The highest BCUT2D eigenvalue weighted by molar-refractivity contribution is 7.58. The summed E-state index contributed by atoms with van der Waals surface area (Å²) in [7, 11) is -0.367. The minimum Gasteiger partial charge on any atom is -0.392 e. The van der Waals surface area contributed by atoms with Crippen LogP contribution >= 0.6 is 7.92 Å². The van der Waals surface area contributed by atoms with Crippen molar-refractivity contribution in [3.63, 3.8) is 0 Å². The predicted octanol–water partition coefficient (Wildman–Crippen LogP) is 3.51. The third-order valence-electron chi connectivity index (χ3n) is 4.05. The Hall–Kier alpha value is -1.11. The highest BCUT2D eigenvalue weighted by Gasteiger charge is 2.36. The van der Waals surface area contributed by atoms with Crippen LogP contribution in [0.15, 0.2) is 60.7 Å². The van der Waals surface area contributed by atoms with Gasteiger partial charge in [-0.2, -0.15) is 0 Å². The van der Waals surface area contributed by atoms with Crippen molar-refractivity contribution in [1.82, 2.24) is 0 Å². The summed E-state index contributed by atoms with van der Waals surface area (Å²) < 4.78 is 0. The fraction of sp³-hybridized carbons (Fsp3) is 0.294. The van der Waals surface area contributed by atoms with Crippen molar-refractivity contribution < 1.29 is 5.11 Å². The molecule has 1 nitrogen and oxygen atoms in total. The van der Waals surface area contributed by atoms with E-state index in [4.69, 9.17) is 0 Å². The van der Waals surface area contributed by atoms with Gasteiger partial charge in [0.15, 0.2) is 0 Å². The first kappa shape index (κ1) is 15.3. The summed E-state index contributed by atoms with van der Waals surface area (Å²) in [6, 6.07) is 21.4. The van der Waals surface area contributed by atoms with Crippen LogP contribution in [-0.2, 0) is 0 Å². The summed E-state index contributed by atoms with van der Waals surface area (Å²) in [4.78, 5) is 0. The number of aliphatic hydroxyl groups is 1. The maximum atomic E-state index is 9.86. The second kappa shape index (κ2) is 7.06. The lowest BCUT2D eigenvalue weighted by atomic mass is 10.0. The second-order valence-electron chi connectivity index (χ2n) is 5.09. The molecule has 2 atom stereocenters. The summed E-state index contributed by atoms with van der Waals surface area (Å²) in [6.45, 7) is 0. The van der Waals surface area contributed by atoms with E-state index >= 15 is 0 Å². The molecule has 1 N–H and O–H groups in total. The topological polar surface area (TPSA) is 20.2 Å². The van der Waals surface area contributed by atoms with Crippen molar-refractivity contribution in [2.24, 2.45) is 0 Å². The van der Waals surface area contributed by atoms with Crippen LogP contribution in [-0.4, -0.2) is 19.9 Å². The van der Waals surface area contributed by atoms with E-state index in [2.05, 4.69) is 60.7 Å². The lowest BCUT2D eigenvalue weighted by molar-refractivity contribution is 0.368. The number of benzene rings is 2. The Morgan fingerprint density at radius 3 is 1.55 bits per heavy atom. The van der Waals surface area contributed by atoms with Gasteiger partial charge < -0.3 is 5.11 Å². The van der Waals surface area contributed by atoms with Crippen molar-refractivity contribution in [1.29, 1.82) is 0 Å². The van der Waals surface area contributed by atoms with Gasteiger partial charge in [-0.1, -0.05) is 68.6 Å². The van der Waals surface area contributed by atoms with Gasteiger partial charge in [-0.3, -0.25) is 0 Å². The van der Waals surface area contributed by atoms with Crippen LogP contribution in [0.5, 0.6) is 0 Å². The Labute approximate surface area is 124 Å². The van der Waals surface area contributed by atoms with Gasteiger partial charge in [-0.15, -0.1) is 0 Å². The molecule has 1 aliphatic rings. The summed E-state index contributed by atoms with van der Waals surface area (Å²) in [5.41, 5.74) is 3.93. The van der Waals surface area contributed by atoms with Crippen LogP contribution in [0.25, 0.3) is 0 Å². The molecule has 2 aromatic rings. The average molecular weight is 284 g/mol. The van der Waals surface area contributed by atoms with E-state index in [1.54, 1.807) is 0 Å². The predicted molar refractivity (Wildman–Crippen MR) is 91.5 cm³/mol. The molecule has 0 amide bonds. The Kier molecular flexibility index (Phi) is 5.40. The molecule has 1 fully saturated rings. The molecule has 0 bridgehead atoms. The summed E-state index contributed by atoms with van der Waals surface area (Å²) in [5, 5.41) is 9.86. The monoisotopic (exact) mass is 284 g/mol. The molecular weight excluding hydrogens is 262 g/mol. The normalized spacial score (nSPS) is 22.4. The van der Waals surface area contributed by atoms with Crippen molar-refractivity contribution >= 4 is 16.3 Å². The lowest BCUT2D eigenvalue weighted by Crippen LogP contribution is -1.97. The molecule has 1 heterocycles. The van der Waals surface area contributed by atoms with E-state index in [1.807, 2.05) is 0 Å². The van der Waals surface area contributed by atoms with Crippen molar-refractivity contribution in [2.75, 3.05) is 6.35 Å². The molecule has 3 heteroatoms. The minimum atomic E-state index is -0.367. The van der Waals surface area contributed by atoms with Crippen LogP contribution in [0.4, 0.5) is 0 Å². The van der Waals surface area contributed by atoms with Crippen molar-refractivity contribution in [2.45, 2.75) is 24.2 Å². The molecule has 0 aromatic heterocycles. The van der Waals surface area contributed by atoms with Crippen LogP contribution in [0.2, 0.25) is 0 Å². The second-order valence-corrected chi connectivity index (χ2v) is 7.64. The molecule has 104 valence electrons. The fourth-order valence-corrected chi connectivity index (χ4v) is 6.03. The largest absolute Gasteiger partial charge is 0.392 e. The fourth-order valence-electron chi connectivity index (χ4n) is 3.13. The molecule has 3 rings (SSSR count). The maximum Gasteiger partial charge on any atom is 0.0814 e. The molecule has 20 heavy (non-hydrogen) atoms. The third kappa shape index (κ3) is 2.97. The van der Waals surface area contributed by atoms with E-state index in [1.165, 1.54) is 24.0 Å². The number of rotatable bonds is 3. The average Bonchev–Trinajstić information content (AvgIpc) is 2.93. The summed E-state index contributed by atoms with van der Waals surface area (Å²) >= 11 is 0. The summed E-state index contributed by atoms with van der Waals surface area (Å²) in [6.07, 6.45) is 2.75. The summed E-state index contributed by atoms with van der Waals surface area (Å²) in [5.74, 6) is 0. The molecule has 0 aliphatic carbocycles. The van der Waals surface area contributed by atoms with E-state index < -0.39 is 0 Å². The van der Waals surface area contributed by atoms with E-state index in [0.717, 1.165) is 0 Å². The van der Waals surface area contributed by atoms with Gasteiger partial charge in [0.2, 0.25) is 0 Å². The molecular formula is C17H22BOP. The Morgan fingerprint density at radius 1 is 0.800 bits per heavy atom. The van der Waals surface area contributed by atoms with Crippen LogP contribution in [0, 0.1) is 0 Å². The smallest absolute Gasteiger partial charge is 0.0814 e. The van der Waals surface area contributed by atoms with Gasteiger partial charge in [0, 0.05) is 11.3 Å². The SMILES string of the molecule is B.OCP1[C@@H](c2ccccc2)CC[C@@H]1c1ccccc1. The first-order valence-electron chi connectivity index (χ1n) is 6.86. The number of hydrogen-bond acceptors (Lipinski definition) is 1. The van der Waals surface area contributed by atoms with Gasteiger partial charge in [0.25, 0.3) is 0 Å². The zero-order valence-electron chi connectivity index (χ0n) is 10.9. The highest BCUT2D eigenvalue weighted by atomic mass is 31.1. The Bertz CT molecular complexity index is 470. The van der Waals surface area contributed by atoms with Crippen molar-refractivity contribution in [3.05, 3.63) is 71.8 Å². The first-order chi connectivity index (χ1) is 9.40. The minimum absolute atomic E-state index is 0. The van der Waals surface area contributed by atoms with Gasteiger partial charge in [0.05, 0.1) is 14.8 Å². The first-order valence-corrected chi connectivity index (χ1v) is 8.53. The number of hydrogen-bond donors (Lipinski definition) is 1. The van der Waals surface area contributed by atoms with E-state index in [-0.39, 0.29) is 16.3 Å². The van der Waals surface area contributed by atoms with Crippen LogP contribution in [0.1, 0.15) is 35.3 Å². The molecule has 0 saturated carbocycles. The van der Waals surface area contributed by atoms with Gasteiger partial charge >= 0.3 is 0 Å². The van der Waals surface area contributed by atoms with Gasteiger partial charge in [0.1, 0.15) is 0 Å². The molecule has 1 saturated heterocycles. The zero-order chi connectivity index (χ0) is 13.1.